The second-order valence-electron chi connectivity index (χ2n) is 4.56. The van der Waals surface area contributed by atoms with E-state index < -0.39 is 10.4 Å². The van der Waals surface area contributed by atoms with E-state index in [1.54, 1.807) is 0 Å². The third kappa shape index (κ3) is 2.19. The van der Waals surface area contributed by atoms with Gasteiger partial charge in [-0.1, -0.05) is 65.5 Å². The van der Waals surface area contributed by atoms with Crippen molar-refractivity contribution in [2.75, 3.05) is 0 Å². The molecule has 4 heteroatoms. The van der Waals surface area contributed by atoms with Crippen molar-refractivity contribution in [3.05, 3.63) is 59.7 Å². The van der Waals surface area contributed by atoms with Crippen LogP contribution in [0, 0.1) is 6.92 Å². The molecule has 0 fully saturated rings. The topological polar surface area (TPSA) is 40.5 Å². The number of hydrogen-bond acceptors (Lipinski definition) is 4. The maximum Gasteiger partial charge on any atom is 0.180 e. The molecular formula is C15H14O2S2. The van der Waals surface area contributed by atoms with Crippen molar-refractivity contribution in [2.45, 2.75) is 27.1 Å². The Balaban J connectivity index is 2.06. The van der Waals surface area contributed by atoms with Gasteiger partial charge in [0.2, 0.25) is 0 Å². The fourth-order valence-electron chi connectivity index (χ4n) is 2.12. The second-order valence-corrected chi connectivity index (χ2v) is 7.39. The van der Waals surface area contributed by atoms with E-state index in [0.717, 1.165) is 20.9 Å². The van der Waals surface area contributed by atoms with E-state index in [9.17, 15) is 10.2 Å². The summed E-state index contributed by atoms with van der Waals surface area (Å²) < 4.78 is -0.766. The lowest BCUT2D eigenvalue weighted by atomic mass is 10.1. The highest BCUT2D eigenvalue weighted by atomic mass is 32.2. The van der Waals surface area contributed by atoms with Gasteiger partial charge in [0, 0.05) is 9.79 Å². The lowest BCUT2D eigenvalue weighted by Crippen LogP contribution is -2.31. The Hall–Kier alpha value is -0.940. The second kappa shape index (κ2) is 4.87. The van der Waals surface area contributed by atoms with Crippen molar-refractivity contribution < 1.29 is 10.2 Å². The van der Waals surface area contributed by atoms with Gasteiger partial charge in [0.25, 0.3) is 0 Å². The van der Waals surface area contributed by atoms with Gasteiger partial charge in [-0.25, -0.2) is 0 Å². The molecule has 0 atom stereocenters. The molecule has 19 heavy (non-hydrogen) atoms. The number of aryl methyl sites for hydroxylation is 1. The summed E-state index contributed by atoms with van der Waals surface area (Å²) in [6.07, 6.45) is -1.42. The lowest BCUT2D eigenvalue weighted by Gasteiger charge is -2.29. The minimum Gasteiger partial charge on any atom is -0.366 e. The molecular weight excluding hydrogens is 276 g/mol. The fourth-order valence-corrected chi connectivity index (χ4v) is 5.08. The molecule has 0 aliphatic carbocycles. The molecule has 3 rings (SSSR count). The van der Waals surface area contributed by atoms with Crippen LogP contribution in [0.2, 0.25) is 0 Å². The Kier molecular flexibility index (Phi) is 3.35. The molecule has 0 bridgehead atoms. The fraction of sp³-hybridized carbons (Fsp3) is 0.200. The summed E-state index contributed by atoms with van der Waals surface area (Å²) in [7, 11) is 0. The Morgan fingerprint density at radius 2 is 1.42 bits per heavy atom. The van der Waals surface area contributed by atoms with E-state index in [1.165, 1.54) is 23.5 Å². The van der Waals surface area contributed by atoms with Gasteiger partial charge in [-0.15, -0.1) is 0 Å². The van der Waals surface area contributed by atoms with Gasteiger partial charge in [0.05, 0.1) is 0 Å². The van der Waals surface area contributed by atoms with Crippen LogP contribution in [0.1, 0.15) is 11.1 Å². The monoisotopic (exact) mass is 290 g/mol. The number of aliphatic hydroxyl groups excluding tert-OH is 1. The van der Waals surface area contributed by atoms with Crippen molar-refractivity contribution in [2.24, 2.45) is 0 Å². The van der Waals surface area contributed by atoms with Crippen LogP contribution >= 0.6 is 23.5 Å². The Morgan fingerprint density at radius 1 is 0.895 bits per heavy atom. The number of thioether (sulfide) groups is 2. The highest BCUT2D eigenvalue weighted by Gasteiger charge is 2.46. The smallest absolute Gasteiger partial charge is 0.180 e. The predicted octanol–water partition coefficient (Wildman–Crippen LogP) is 3.36. The molecule has 0 amide bonds. The molecule has 1 aliphatic heterocycles. The highest BCUT2D eigenvalue weighted by Crippen LogP contribution is 2.62. The predicted molar refractivity (Wildman–Crippen MR) is 79.2 cm³/mol. The zero-order chi connectivity index (χ0) is 13.5. The molecule has 2 N–H and O–H groups in total. The molecule has 0 spiro atoms. The van der Waals surface area contributed by atoms with Gasteiger partial charge in [0.15, 0.2) is 6.29 Å². The third-order valence-electron chi connectivity index (χ3n) is 3.17. The number of fused-ring (bicyclic) bond motifs is 1. The van der Waals surface area contributed by atoms with E-state index >= 15 is 0 Å². The number of aliphatic hydroxyl groups is 2. The zero-order valence-electron chi connectivity index (χ0n) is 10.4. The van der Waals surface area contributed by atoms with Crippen molar-refractivity contribution in [1.29, 1.82) is 0 Å². The Labute approximate surface area is 120 Å². The van der Waals surface area contributed by atoms with Crippen LogP contribution in [0.3, 0.4) is 0 Å². The molecule has 2 aromatic carbocycles. The summed E-state index contributed by atoms with van der Waals surface area (Å²) in [6, 6.07) is 15.9. The quantitative estimate of drug-likeness (QED) is 0.832. The summed E-state index contributed by atoms with van der Waals surface area (Å²) in [5.41, 5.74) is 2.09. The Bertz CT molecular complexity index is 568. The molecule has 2 aromatic rings. The van der Waals surface area contributed by atoms with Crippen LogP contribution in [0.5, 0.6) is 0 Å². The van der Waals surface area contributed by atoms with Crippen molar-refractivity contribution in [3.63, 3.8) is 0 Å². The first-order valence-corrected chi connectivity index (χ1v) is 7.65. The SMILES string of the molecule is Cc1ccc(C2(C(O)O)Sc3ccccc3S2)cc1. The summed E-state index contributed by atoms with van der Waals surface area (Å²) in [5, 5.41) is 19.8. The molecule has 1 aliphatic rings. The largest absolute Gasteiger partial charge is 0.366 e. The highest BCUT2D eigenvalue weighted by molar-refractivity contribution is 8.20. The summed E-state index contributed by atoms with van der Waals surface area (Å²) in [4.78, 5) is 2.20. The van der Waals surface area contributed by atoms with Gasteiger partial charge in [-0.2, -0.15) is 0 Å². The first-order valence-electron chi connectivity index (χ1n) is 6.02. The van der Waals surface area contributed by atoms with Crippen LogP contribution in [-0.4, -0.2) is 16.5 Å². The van der Waals surface area contributed by atoms with E-state index in [2.05, 4.69) is 0 Å². The average molecular weight is 290 g/mol. The molecule has 1 heterocycles. The van der Waals surface area contributed by atoms with Gasteiger partial charge in [-0.3, -0.25) is 0 Å². The molecule has 2 nitrogen and oxygen atoms in total. The van der Waals surface area contributed by atoms with Crippen molar-refractivity contribution in [3.8, 4) is 0 Å². The number of benzene rings is 2. The first kappa shape index (κ1) is 13.1. The van der Waals surface area contributed by atoms with E-state index in [4.69, 9.17) is 0 Å². The van der Waals surface area contributed by atoms with E-state index in [-0.39, 0.29) is 0 Å². The summed E-state index contributed by atoms with van der Waals surface area (Å²) in [6.45, 7) is 2.02. The van der Waals surface area contributed by atoms with Crippen LogP contribution in [-0.2, 0) is 4.08 Å². The van der Waals surface area contributed by atoms with Crippen LogP contribution in [0.4, 0.5) is 0 Å². The van der Waals surface area contributed by atoms with E-state index in [1.807, 2.05) is 55.5 Å². The van der Waals surface area contributed by atoms with Crippen LogP contribution in [0.25, 0.3) is 0 Å². The maximum atomic E-state index is 9.91. The molecule has 0 saturated heterocycles. The normalized spacial score (nSPS) is 16.6. The van der Waals surface area contributed by atoms with Crippen LogP contribution in [0.15, 0.2) is 58.3 Å². The average Bonchev–Trinajstić information content (AvgIpc) is 2.80. The zero-order valence-corrected chi connectivity index (χ0v) is 12.0. The van der Waals surface area contributed by atoms with Gasteiger partial charge in [-0.05, 0) is 24.6 Å². The van der Waals surface area contributed by atoms with Gasteiger partial charge < -0.3 is 10.2 Å². The van der Waals surface area contributed by atoms with Gasteiger partial charge in [0.1, 0.15) is 4.08 Å². The summed E-state index contributed by atoms with van der Waals surface area (Å²) in [5.74, 6) is 0. The summed E-state index contributed by atoms with van der Waals surface area (Å²) >= 11 is 3.03. The maximum absolute atomic E-state index is 9.91. The number of hydrogen-bond donors (Lipinski definition) is 2. The minimum absolute atomic E-state index is 0.766. The molecule has 0 radical (unpaired) electrons. The van der Waals surface area contributed by atoms with Crippen LogP contribution < -0.4 is 0 Å². The molecule has 0 unspecified atom stereocenters. The van der Waals surface area contributed by atoms with Crippen molar-refractivity contribution in [1.82, 2.24) is 0 Å². The molecule has 0 saturated carbocycles. The minimum atomic E-state index is -1.42. The lowest BCUT2D eigenvalue weighted by molar-refractivity contribution is -0.0487. The molecule has 0 aromatic heterocycles. The molecule has 98 valence electrons. The van der Waals surface area contributed by atoms with Gasteiger partial charge >= 0.3 is 0 Å². The first-order chi connectivity index (χ1) is 9.12. The third-order valence-corrected chi connectivity index (χ3v) is 6.45. The standard InChI is InChI=1S/C15H14O2S2/c1-10-6-8-11(9-7-10)15(14(16)17)18-12-4-2-3-5-13(12)19-15/h2-9,14,16-17H,1H3. The number of rotatable bonds is 2. The Morgan fingerprint density at radius 3 is 1.89 bits per heavy atom. The van der Waals surface area contributed by atoms with Crippen molar-refractivity contribution >= 4 is 23.5 Å². The van der Waals surface area contributed by atoms with E-state index in [0.29, 0.717) is 0 Å².